The number of fused-ring (bicyclic) bond motifs is 5. The molecule has 4 heterocycles. The second-order valence-electron chi connectivity index (χ2n) is 6.98. The molecule has 0 unspecified atom stereocenters. The Balaban J connectivity index is 1.70. The van der Waals surface area contributed by atoms with Crippen LogP contribution in [-0.4, -0.2) is 17.5 Å². The molecule has 30 heavy (non-hydrogen) atoms. The Kier molecular flexibility index (Phi) is 4.28. The molecule has 6 rings (SSSR count). The molecular weight excluding hydrogens is 449 g/mol. The summed E-state index contributed by atoms with van der Waals surface area (Å²) in [7, 11) is 0. The lowest BCUT2D eigenvalue weighted by Crippen LogP contribution is -1.86. The summed E-state index contributed by atoms with van der Waals surface area (Å²) in [6.07, 6.45) is 4.19. The number of aromatic nitrogens is 4. The molecule has 4 nitrogen and oxygen atoms in total. The SMILES string of the molecule is C/C=C/c1ccc(-c2cc3c(cc(-c4ccc(C)s4)c4nsnc43)c3nsnc23)s1. The number of thiophene rings is 2. The third kappa shape index (κ3) is 2.75. The van der Waals surface area contributed by atoms with Crippen LogP contribution in [0.4, 0.5) is 0 Å². The number of allylic oxidation sites excluding steroid dienone is 1. The van der Waals surface area contributed by atoms with Gasteiger partial charge in [0, 0.05) is 41.4 Å². The summed E-state index contributed by atoms with van der Waals surface area (Å²) in [5.41, 5.74) is 6.04. The van der Waals surface area contributed by atoms with Crippen molar-refractivity contribution in [3.8, 4) is 20.9 Å². The molecule has 0 radical (unpaired) electrons. The van der Waals surface area contributed by atoms with Gasteiger partial charge in [-0.3, -0.25) is 0 Å². The van der Waals surface area contributed by atoms with Crippen LogP contribution < -0.4 is 0 Å². The predicted octanol–water partition coefficient (Wildman–Crippen LogP) is 7.65. The van der Waals surface area contributed by atoms with Crippen LogP contribution in [0, 0.1) is 6.92 Å². The summed E-state index contributed by atoms with van der Waals surface area (Å²) >= 11 is 6.08. The third-order valence-electron chi connectivity index (χ3n) is 5.09. The van der Waals surface area contributed by atoms with Crippen molar-refractivity contribution in [2.75, 3.05) is 0 Å². The fourth-order valence-electron chi connectivity index (χ4n) is 3.76. The molecule has 0 saturated heterocycles. The molecule has 0 saturated carbocycles. The van der Waals surface area contributed by atoms with Gasteiger partial charge in [-0.05, 0) is 56.3 Å². The number of aryl methyl sites for hydroxylation is 1. The van der Waals surface area contributed by atoms with Gasteiger partial charge in [0.15, 0.2) is 0 Å². The van der Waals surface area contributed by atoms with E-state index in [1.807, 2.05) is 6.92 Å². The molecule has 6 aromatic rings. The van der Waals surface area contributed by atoms with E-state index in [9.17, 15) is 0 Å². The highest BCUT2D eigenvalue weighted by atomic mass is 32.1. The maximum atomic E-state index is 4.69. The summed E-state index contributed by atoms with van der Waals surface area (Å²) in [4.78, 5) is 4.92. The van der Waals surface area contributed by atoms with E-state index < -0.39 is 0 Å². The Hall–Kier alpha value is -2.52. The Bertz CT molecular complexity index is 1580. The summed E-state index contributed by atoms with van der Waals surface area (Å²) < 4.78 is 18.7. The van der Waals surface area contributed by atoms with Gasteiger partial charge in [-0.1, -0.05) is 6.08 Å². The highest BCUT2D eigenvalue weighted by Gasteiger charge is 2.20. The predicted molar refractivity (Wildman–Crippen MR) is 132 cm³/mol. The van der Waals surface area contributed by atoms with Gasteiger partial charge in [0.25, 0.3) is 0 Å². The minimum Gasteiger partial charge on any atom is -0.172 e. The van der Waals surface area contributed by atoms with Crippen LogP contribution in [0.25, 0.3) is 59.8 Å². The van der Waals surface area contributed by atoms with Crippen LogP contribution in [0.3, 0.4) is 0 Å². The number of nitrogens with zero attached hydrogens (tertiary/aromatic N) is 4. The van der Waals surface area contributed by atoms with Crippen LogP contribution in [-0.2, 0) is 0 Å². The molecule has 0 aliphatic rings. The average Bonchev–Trinajstić information content (AvgIpc) is 3.53. The standard InChI is InChI=1S/C22H14N4S4/c1-3-4-12-6-8-18(28-12)16-10-14-13(20-22(16)26-30-24-20)9-15(17-7-5-11(2)27-17)21-19(14)23-29-25-21/h3-10H,1-2H3/b4-3+. The molecular formula is C22H14N4S4. The van der Waals surface area contributed by atoms with Crippen LogP contribution in [0.1, 0.15) is 16.7 Å². The van der Waals surface area contributed by atoms with Crippen molar-refractivity contribution < 1.29 is 0 Å². The van der Waals surface area contributed by atoms with E-state index in [1.54, 1.807) is 22.7 Å². The normalized spacial score (nSPS) is 12.2. The molecule has 0 atom stereocenters. The molecule has 8 heteroatoms. The van der Waals surface area contributed by atoms with Gasteiger partial charge in [0.05, 0.1) is 23.5 Å². The van der Waals surface area contributed by atoms with E-state index in [0.29, 0.717) is 0 Å². The minimum atomic E-state index is 0.943. The quantitative estimate of drug-likeness (QED) is 0.271. The first-order valence-electron chi connectivity index (χ1n) is 9.37. The van der Waals surface area contributed by atoms with Crippen molar-refractivity contribution in [2.24, 2.45) is 0 Å². The lowest BCUT2D eigenvalue weighted by Gasteiger charge is -2.07. The van der Waals surface area contributed by atoms with Crippen molar-refractivity contribution >= 4 is 85.0 Å². The molecule has 0 aliphatic heterocycles. The van der Waals surface area contributed by atoms with Crippen LogP contribution in [0.5, 0.6) is 0 Å². The molecule has 146 valence electrons. The number of rotatable bonds is 3. The Morgan fingerprint density at radius 3 is 1.83 bits per heavy atom. The lowest BCUT2D eigenvalue weighted by molar-refractivity contribution is 1.64. The van der Waals surface area contributed by atoms with Crippen LogP contribution in [0.15, 0.2) is 42.5 Å². The van der Waals surface area contributed by atoms with Gasteiger partial charge in [0.1, 0.15) is 22.1 Å². The van der Waals surface area contributed by atoms with E-state index in [4.69, 9.17) is 0 Å². The zero-order valence-corrected chi connectivity index (χ0v) is 19.3. The first-order chi connectivity index (χ1) is 14.7. The zero-order valence-electron chi connectivity index (χ0n) is 16.0. The van der Waals surface area contributed by atoms with Crippen molar-refractivity contribution in [3.63, 3.8) is 0 Å². The fraction of sp³-hybridized carbons (Fsp3) is 0.0909. The molecule has 0 amide bonds. The first kappa shape index (κ1) is 18.3. The number of hydrogen-bond donors (Lipinski definition) is 0. The topological polar surface area (TPSA) is 51.6 Å². The van der Waals surface area contributed by atoms with Gasteiger partial charge < -0.3 is 0 Å². The highest BCUT2D eigenvalue weighted by Crippen LogP contribution is 2.42. The Morgan fingerprint density at radius 2 is 1.27 bits per heavy atom. The zero-order chi connectivity index (χ0) is 20.2. The van der Waals surface area contributed by atoms with E-state index >= 15 is 0 Å². The lowest BCUT2D eigenvalue weighted by atomic mass is 9.99. The molecule has 2 aromatic carbocycles. The van der Waals surface area contributed by atoms with Gasteiger partial charge in [-0.25, -0.2) is 0 Å². The van der Waals surface area contributed by atoms with Crippen molar-refractivity contribution in [1.29, 1.82) is 0 Å². The summed E-state index contributed by atoms with van der Waals surface area (Å²) in [6, 6.07) is 13.1. The summed E-state index contributed by atoms with van der Waals surface area (Å²) in [5.74, 6) is 0. The molecule has 0 spiro atoms. The fourth-order valence-corrected chi connectivity index (χ4v) is 6.79. The van der Waals surface area contributed by atoms with Gasteiger partial charge >= 0.3 is 0 Å². The second kappa shape index (κ2) is 7.02. The smallest absolute Gasteiger partial charge is 0.114 e. The summed E-state index contributed by atoms with van der Waals surface area (Å²) in [5, 5.41) is 2.18. The van der Waals surface area contributed by atoms with E-state index in [1.165, 1.54) is 43.0 Å². The third-order valence-corrected chi connectivity index (χ3v) is 8.27. The molecule has 4 aromatic heterocycles. The Labute approximate surface area is 188 Å². The molecule has 0 bridgehead atoms. The number of hydrogen-bond acceptors (Lipinski definition) is 8. The highest BCUT2D eigenvalue weighted by molar-refractivity contribution is 7.16. The summed E-state index contributed by atoms with van der Waals surface area (Å²) in [6.45, 7) is 4.17. The van der Waals surface area contributed by atoms with Gasteiger partial charge in [-0.2, -0.15) is 17.5 Å². The van der Waals surface area contributed by atoms with Crippen molar-refractivity contribution in [3.05, 3.63) is 52.2 Å². The number of benzene rings is 2. The van der Waals surface area contributed by atoms with Gasteiger partial charge in [0.2, 0.25) is 0 Å². The largest absolute Gasteiger partial charge is 0.172 e. The van der Waals surface area contributed by atoms with Crippen LogP contribution in [0.2, 0.25) is 0 Å². The molecule has 0 fully saturated rings. The maximum absolute atomic E-state index is 4.69. The molecule has 0 N–H and O–H groups in total. The van der Waals surface area contributed by atoms with Crippen molar-refractivity contribution in [1.82, 2.24) is 17.5 Å². The minimum absolute atomic E-state index is 0.943. The maximum Gasteiger partial charge on any atom is 0.114 e. The monoisotopic (exact) mass is 462 g/mol. The Morgan fingerprint density at radius 1 is 0.700 bits per heavy atom. The second-order valence-corrected chi connectivity index (χ2v) is 10.4. The average molecular weight is 463 g/mol. The van der Waals surface area contributed by atoms with E-state index in [0.717, 1.165) is 44.0 Å². The molecule has 0 aliphatic carbocycles. The van der Waals surface area contributed by atoms with Crippen molar-refractivity contribution in [2.45, 2.75) is 13.8 Å². The van der Waals surface area contributed by atoms with E-state index in [-0.39, 0.29) is 0 Å². The first-order valence-corrected chi connectivity index (χ1v) is 12.5. The van der Waals surface area contributed by atoms with Gasteiger partial charge in [-0.15, -0.1) is 22.7 Å². The van der Waals surface area contributed by atoms with Crippen LogP contribution >= 0.6 is 46.1 Å². The van der Waals surface area contributed by atoms with E-state index in [2.05, 4.69) is 73.0 Å².